The minimum Gasteiger partial charge on any atom is -0.453 e. The van der Waals surface area contributed by atoms with Crippen molar-refractivity contribution >= 4 is 29.0 Å². The summed E-state index contributed by atoms with van der Waals surface area (Å²) in [7, 11) is 1.29. The molecule has 13 nitrogen and oxygen atoms in total. The first-order valence-electron chi connectivity index (χ1n) is 10.9. The van der Waals surface area contributed by atoms with Crippen LogP contribution in [-0.2, 0) is 14.3 Å². The third kappa shape index (κ3) is 4.60. The standard InChI is InChI=1S/C21H27N7O6/c1-10(2)27(21(32)33-3)8-4-5-12-25-17(22)13-18(26-12)28(9-23-13)20-15(30)14(29)16(34-20)19(31)24-11-6-7-11/h9-11,14-16,20,29-30H,6-8H2,1-3H3,(H,24,31)(H2,22,25,26)/t14?,15-,16-,20+/m0/s1. The molecule has 2 aliphatic rings. The number of imidazole rings is 1. The molecule has 2 fully saturated rings. The van der Waals surface area contributed by atoms with Gasteiger partial charge in [-0.1, -0.05) is 5.92 Å². The SMILES string of the molecule is COC(=O)N(CC#Cc1nc(N)c2ncn([C@@H]3O[C@H](C(=O)NC4CC4)C(O)[C@@H]3O)c2n1)C(C)C. The number of nitrogens with two attached hydrogens (primary N) is 1. The van der Waals surface area contributed by atoms with Crippen molar-refractivity contribution in [3.05, 3.63) is 12.2 Å². The lowest BCUT2D eigenvalue weighted by Gasteiger charge is -2.22. The average molecular weight is 473 g/mol. The molecule has 1 unspecified atom stereocenters. The summed E-state index contributed by atoms with van der Waals surface area (Å²) in [5.41, 5.74) is 6.48. The van der Waals surface area contributed by atoms with Gasteiger partial charge in [-0.3, -0.25) is 14.3 Å². The fourth-order valence-corrected chi connectivity index (χ4v) is 3.58. The van der Waals surface area contributed by atoms with E-state index in [2.05, 4.69) is 32.1 Å². The molecule has 0 aromatic carbocycles. The van der Waals surface area contributed by atoms with Gasteiger partial charge in [0.1, 0.15) is 17.7 Å². The molecule has 4 rings (SSSR count). The van der Waals surface area contributed by atoms with Crippen LogP contribution in [0.3, 0.4) is 0 Å². The summed E-state index contributed by atoms with van der Waals surface area (Å²) < 4.78 is 11.8. The summed E-state index contributed by atoms with van der Waals surface area (Å²) in [5, 5.41) is 23.7. The molecule has 0 spiro atoms. The van der Waals surface area contributed by atoms with E-state index in [-0.39, 0.29) is 41.4 Å². The zero-order valence-corrected chi connectivity index (χ0v) is 19.0. The molecule has 1 aliphatic heterocycles. The predicted molar refractivity (Wildman–Crippen MR) is 118 cm³/mol. The molecule has 0 radical (unpaired) electrons. The molecule has 34 heavy (non-hydrogen) atoms. The second-order valence-electron chi connectivity index (χ2n) is 8.46. The van der Waals surface area contributed by atoms with Crippen LogP contribution in [-0.4, -0.2) is 90.7 Å². The third-order valence-corrected chi connectivity index (χ3v) is 5.63. The smallest absolute Gasteiger partial charge is 0.410 e. The molecule has 1 saturated carbocycles. The van der Waals surface area contributed by atoms with E-state index >= 15 is 0 Å². The van der Waals surface area contributed by atoms with Crippen LogP contribution in [0.4, 0.5) is 10.6 Å². The maximum absolute atomic E-state index is 12.4. The number of nitrogens with one attached hydrogen (secondary N) is 1. The van der Waals surface area contributed by atoms with Gasteiger partial charge in [0.15, 0.2) is 23.8 Å². The number of anilines is 1. The van der Waals surface area contributed by atoms with Gasteiger partial charge in [0.25, 0.3) is 5.91 Å². The van der Waals surface area contributed by atoms with E-state index in [0.717, 1.165) is 12.8 Å². The number of hydrogen-bond acceptors (Lipinski definition) is 10. The van der Waals surface area contributed by atoms with Gasteiger partial charge in [-0.2, -0.15) is 0 Å². The summed E-state index contributed by atoms with van der Waals surface area (Å²) in [4.78, 5) is 38.4. The van der Waals surface area contributed by atoms with Gasteiger partial charge in [-0.25, -0.2) is 19.7 Å². The number of aliphatic hydroxyl groups is 2. The number of aliphatic hydroxyl groups excluding tert-OH is 2. The number of fused-ring (bicyclic) bond motifs is 1. The van der Waals surface area contributed by atoms with Gasteiger partial charge in [-0.05, 0) is 32.6 Å². The molecule has 4 atom stereocenters. The second-order valence-corrected chi connectivity index (χ2v) is 8.46. The number of carbonyl (C=O) groups excluding carboxylic acids is 2. The molecular weight excluding hydrogens is 446 g/mol. The van der Waals surface area contributed by atoms with E-state index in [1.807, 2.05) is 13.8 Å². The molecule has 13 heteroatoms. The number of nitrogens with zero attached hydrogens (tertiary/aromatic N) is 5. The van der Waals surface area contributed by atoms with Crippen molar-refractivity contribution in [1.29, 1.82) is 0 Å². The van der Waals surface area contributed by atoms with Crippen LogP contribution >= 0.6 is 0 Å². The van der Waals surface area contributed by atoms with Crippen LogP contribution in [0.15, 0.2) is 6.33 Å². The number of rotatable bonds is 5. The lowest BCUT2D eigenvalue weighted by atomic mass is 10.1. The van der Waals surface area contributed by atoms with E-state index < -0.39 is 36.5 Å². The summed E-state index contributed by atoms with van der Waals surface area (Å²) >= 11 is 0. The highest BCUT2D eigenvalue weighted by Crippen LogP contribution is 2.33. The normalized spacial score (nSPS) is 24.1. The fourth-order valence-electron chi connectivity index (χ4n) is 3.58. The quantitative estimate of drug-likeness (QED) is 0.399. The van der Waals surface area contributed by atoms with Crippen molar-refractivity contribution in [2.75, 3.05) is 19.4 Å². The largest absolute Gasteiger partial charge is 0.453 e. The van der Waals surface area contributed by atoms with Crippen LogP contribution in [0.25, 0.3) is 11.2 Å². The maximum atomic E-state index is 12.4. The molecule has 1 aliphatic carbocycles. The Kier molecular flexibility index (Phi) is 6.56. The van der Waals surface area contributed by atoms with Crippen molar-refractivity contribution in [2.24, 2.45) is 0 Å². The Morgan fingerprint density at radius 2 is 2.09 bits per heavy atom. The minimum absolute atomic E-state index is 0.0535. The number of carbonyl (C=O) groups is 2. The van der Waals surface area contributed by atoms with Crippen LogP contribution in [0.1, 0.15) is 38.7 Å². The molecule has 2 aromatic heterocycles. The molecule has 2 aromatic rings. The van der Waals surface area contributed by atoms with Crippen LogP contribution < -0.4 is 11.1 Å². The Morgan fingerprint density at radius 1 is 1.35 bits per heavy atom. The Labute approximate surface area is 195 Å². The zero-order valence-electron chi connectivity index (χ0n) is 19.0. The van der Waals surface area contributed by atoms with E-state index in [1.165, 1.54) is 22.9 Å². The van der Waals surface area contributed by atoms with Crippen LogP contribution in [0.2, 0.25) is 0 Å². The number of hydrogen-bond donors (Lipinski definition) is 4. The van der Waals surface area contributed by atoms with E-state index in [0.29, 0.717) is 0 Å². The van der Waals surface area contributed by atoms with Gasteiger partial charge in [0.05, 0.1) is 20.0 Å². The molecule has 182 valence electrons. The molecule has 3 heterocycles. The first-order valence-corrected chi connectivity index (χ1v) is 10.9. The highest BCUT2D eigenvalue weighted by Gasteiger charge is 2.48. The number of nitrogen functional groups attached to an aromatic ring is 1. The van der Waals surface area contributed by atoms with E-state index in [9.17, 15) is 19.8 Å². The summed E-state index contributed by atoms with van der Waals surface area (Å²) in [6.07, 6.45) is -2.62. The number of amides is 2. The molecular formula is C21H27N7O6. The summed E-state index contributed by atoms with van der Waals surface area (Å²) in [6, 6.07) is -0.0535. The Hall–Kier alpha value is -3.47. The Morgan fingerprint density at radius 3 is 2.74 bits per heavy atom. The van der Waals surface area contributed by atoms with Crippen molar-refractivity contribution in [2.45, 2.75) is 63.3 Å². The first-order chi connectivity index (χ1) is 16.2. The molecule has 0 bridgehead atoms. The van der Waals surface area contributed by atoms with Gasteiger partial charge in [0, 0.05) is 12.1 Å². The maximum Gasteiger partial charge on any atom is 0.410 e. The lowest BCUT2D eigenvalue weighted by Crippen LogP contribution is -2.43. The van der Waals surface area contributed by atoms with E-state index in [1.54, 1.807) is 0 Å². The molecule has 2 amide bonds. The first kappa shape index (κ1) is 23.7. The predicted octanol–water partition coefficient (Wildman–Crippen LogP) is -0.865. The van der Waals surface area contributed by atoms with Crippen molar-refractivity contribution < 1.29 is 29.3 Å². The van der Waals surface area contributed by atoms with E-state index in [4.69, 9.17) is 15.2 Å². The fraction of sp³-hybridized carbons (Fsp3) is 0.571. The van der Waals surface area contributed by atoms with Crippen LogP contribution in [0.5, 0.6) is 0 Å². The lowest BCUT2D eigenvalue weighted by molar-refractivity contribution is -0.137. The monoisotopic (exact) mass is 473 g/mol. The number of methoxy groups -OCH3 is 1. The summed E-state index contributed by atoms with van der Waals surface area (Å²) in [5.74, 6) is 5.23. The van der Waals surface area contributed by atoms with Crippen molar-refractivity contribution in [3.63, 3.8) is 0 Å². The van der Waals surface area contributed by atoms with Crippen molar-refractivity contribution in [1.82, 2.24) is 29.7 Å². The van der Waals surface area contributed by atoms with Gasteiger partial charge >= 0.3 is 6.09 Å². The second kappa shape index (κ2) is 9.41. The highest BCUT2D eigenvalue weighted by molar-refractivity contribution is 5.83. The molecule has 1 saturated heterocycles. The zero-order chi connectivity index (χ0) is 24.6. The third-order valence-electron chi connectivity index (χ3n) is 5.63. The molecule has 5 N–H and O–H groups in total. The Balaban J connectivity index is 1.58. The summed E-state index contributed by atoms with van der Waals surface area (Å²) in [6.45, 7) is 3.74. The van der Waals surface area contributed by atoms with Gasteiger partial charge in [-0.15, -0.1) is 0 Å². The van der Waals surface area contributed by atoms with Gasteiger partial charge in [0.2, 0.25) is 5.82 Å². The highest BCUT2D eigenvalue weighted by atomic mass is 16.6. The van der Waals surface area contributed by atoms with Crippen LogP contribution in [0, 0.1) is 11.8 Å². The average Bonchev–Trinajstić information content (AvgIpc) is 3.43. The van der Waals surface area contributed by atoms with Crippen molar-refractivity contribution in [3.8, 4) is 11.8 Å². The minimum atomic E-state index is -1.43. The Bertz CT molecular complexity index is 1150. The van der Waals surface area contributed by atoms with Gasteiger partial charge < -0.3 is 30.7 Å². The topological polar surface area (TPSA) is 178 Å². The number of aromatic nitrogens is 4. The number of ether oxygens (including phenoxy) is 2.